The maximum Gasteiger partial charge on any atom is 0.245 e. The van der Waals surface area contributed by atoms with E-state index in [-0.39, 0.29) is 15.7 Å². The van der Waals surface area contributed by atoms with Crippen LogP contribution < -0.4 is 9.46 Å². The van der Waals surface area contributed by atoms with E-state index in [1.54, 1.807) is 29.7 Å². The van der Waals surface area contributed by atoms with Crippen molar-refractivity contribution < 1.29 is 13.2 Å². The van der Waals surface area contributed by atoms with Crippen LogP contribution in [0, 0.1) is 0 Å². The maximum absolute atomic E-state index is 12.8. The third-order valence-electron chi connectivity index (χ3n) is 3.53. The smallest absolute Gasteiger partial charge is 0.245 e. The number of hydrogen-bond donors (Lipinski definition) is 1. The average molecular weight is 446 g/mol. The van der Waals surface area contributed by atoms with Crippen molar-refractivity contribution in [2.75, 3.05) is 7.11 Å². The molecular weight excluding hydrogens is 432 g/mol. The number of benzene rings is 1. The van der Waals surface area contributed by atoms with Crippen LogP contribution in [0.15, 0.2) is 45.9 Å². The number of hydrogen-bond acceptors (Lipinski definition) is 5. The summed E-state index contributed by atoms with van der Waals surface area (Å²) in [5.41, 5.74) is 0.631. The summed E-state index contributed by atoms with van der Waals surface area (Å²) in [5, 5.41) is 8.37. The Balaban J connectivity index is 1.99. The Labute approximate surface area is 158 Å². The first-order chi connectivity index (χ1) is 11.8. The molecule has 0 aliphatic carbocycles. The summed E-state index contributed by atoms with van der Waals surface area (Å²) in [5.74, 6) is 0.648. The Morgan fingerprint density at radius 1 is 1.32 bits per heavy atom. The zero-order valence-electron chi connectivity index (χ0n) is 13.3. The molecular formula is C15H14BrClN4O3S. The van der Waals surface area contributed by atoms with Gasteiger partial charge in [0, 0.05) is 11.2 Å². The van der Waals surface area contributed by atoms with Crippen LogP contribution >= 0.6 is 27.5 Å². The van der Waals surface area contributed by atoms with E-state index in [1.165, 1.54) is 13.2 Å². The first-order valence-corrected chi connectivity index (χ1v) is 9.84. The summed E-state index contributed by atoms with van der Waals surface area (Å²) in [6, 6.07) is 7.71. The van der Waals surface area contributed by atoms with Crippen molar-refractivity contribution in [1.29, 1.82) is 0 Å². The highest BCUT2D eigenvalue weighted by molar-refractivity contribution is 9.10. The van der Waals surface area contributed by atoms with E-state index in [0.29, 0.717) is 15.9 Å². The lowest BCUT2D eigenvalue weighted by Crippen LogP contribution is -2.28. The molecule has 3 aromatic rings. The number of ether oxygens (including phenoxy) is 1. The van der Waals surface area contributed by atoms with E-state index in [4.69, 9.17) is 16.3 Å². The zero-order chi connectivity index (χ0) is 18.2. The fourth-order valence-corrected chi connectivity index (χ4v) is 5.02. The standard InChI is InChI=1S/C15H14BrClN4O3S/c1-9(15-19-18-13-5-3-4-6-21(13)15)20-25(22,23)12-8-10(17)7-11(16)14(12)24-2/h3-9,20H,1-2H3. The molecule has 0 aliphatic heterocycles. The molecule has 25 heavy (non-hydrogen) atoms. The van der Waals surface area contributed by atoms with Crippen LogP contribution in [-0.4, -0.2) is 30.1 Å². The number of halogens is 2. The van der Waals surface area contributed by atoms with E-state index < -0.39 is 16.1 Å². The minimum Gasteiger partial charge on any atom is -0.494 e. The molecule has 0 saturated heterocycles. The predicted octanol–water partition coefficient (Wildman–Crippen LogP) is 3.19. The number of sulfonamides is 1. The summed E-state index contributed by atoms with van der Waals surface area (Å²) in [7, 11) is -2.52. The number of nitrogens with zero attached hydrogens (tertiary/aromatic N) is 3. The second-order valence-corrected chi connectivity index (χ2v) is 8.22. The Hall–Kier alpha value is -1.68. The highest BCUT2D eigenvalue weighted by atomic mass is 79.9. The molecule has 0 saturated carbocycles. The Bertz CT molecular complexity index is 1040. The molecule has 1 unspecified atom stereocenters. The lowest BCUT2D eigenvalue weighted by Gasteiger charge is -2.16. The molecule has 1 aromatic carbocycles. The van der Waals surface area contributed by atoms with Gasteiger partial charge in [0.15, 0.2) is 17.2 Å². The average Bonchev–Trinajstić information content (AvgIpc) is 2.98. The largest absolute Gasteiger partial charge is 0.494 e. The quantitative estimate of drug-likeness (QED) is 0.652. The van der Waals surface area contributed by atoms with Crippen LogP contribution in [0.3, 0.4) is 0 Å². The molecule has 1 atom stereocenters. The topological polar surface area (TPSA) is 85.6 Å². The number of rotatable bonds is 5. The molecule has 0 radical (unpaired) electrons. The molecule has 10 heteroatoms. The van der Waals surface area contributed by atoms with Crippen LogP contribution in [-0.2, 0) is 10.0 Å². The number of pyridine rings is 1. The van der Waals surface area contributed by atoms with Crippen molar-refractivity contribution in [3.05, 3.63) is 51.8 Å². The minimum atomic E-state index is -3.91. The van der Waals surface area contributed by atoms with Gasteiger partial charge in [-0.05, 0) is 47.1 Å². The molecule has 0 amide bonds. The van der Waals surface area contributed by atoms with Crippen molar-refractivity contribution in [2.45, 2.75) is 17.9 Å². The molecule has 132 valence electrons. The van der Waals surface area contributed by atoms with E-state index in [1.807, 2.05) is 12.1 Å². The number of nitrogens with one attached hydrogen (secondary N) is 1. The molecule has 0 spiro atoms. The molecule has 0 fully saturated rings. The molecule has 7 nitrogen and oxygen atoms in total. The van der Waals surface area contributed by atoms with Gasteiger partial charge in [0.2, 0.25) is 10.0 Å². The van der Waals surface area contributed by atoms with Crippen LogP contribution in [0.25, 0.3) is 5.65 Å². The van der Waals surface area contributed by atoms with Gasteiger partial charge in [-0.2, -0.15) is 0 Å². The number of aromatic nitrogens is 3. The lowest BCUT2D eigenvalue weighted by molar-refractivity contribution is 0.399. The van der Waals surface area contributed by atoms with Crippen molar-refractivity contribution in [3.8, 4) is 5.75 Å². The summed E-state index contributed by atoms with van der Waals surface area (Å²) in [6.07, 6.45) is 1.77. The van der Waals surface area contributed by atoms with Crippen LogP contribution in [0.2, 0.25) is 5.02 Å². The van der Waals surface area contributed by atoms with E-state index >= 15 is 0 Å². The van der Waals surface area contributed by atoms with Gasteiger partial charge in [-0.3, -0.25) is 4.40 Å². The first-order valence-electron chi connectivity index (χ1n) is 7.18. The Kier molecular flexibility index (Phi) is 5.01. The molecule has 1 N–H and O–H groups in total. The van der Waals surface area contributed by atoms with Crippen LogP contribution in [0.1, 0.15) is 18.8 Å². The maximum atomic E-state index is 12.8. The second-order valence-electron chi connectivity index (χ2n) is 5.25. The first kappa shape index (κ1) is 18.1. The lowest BCUT2D eigenvalue weighted by atomic mass is 10.3. The molecule has 0 bridgehead atoms. The molecule has 2 heterocycles. The third kappa shape index (κ3) is 3.50. The van der Waals surface area contributed by atoms with E-state index in [2.05, 4.69) is 30.8 Å². The number of methoxy groups -OCH3 is 1. The van der Waals surface area contributed by atoms with Gasteiger partial charge in [-0.25, -0.2) is 13.1 Å². The van der Waals surface area contributed by atoms with E-state index in [0.717, 1.165) is 0 Å². The zero-order valence-corrected chi connectivity index (χ0v) is 16.4. The van der Waals surface area contributed by atoms with Crippen LogP contribution in [0.5, 0.6) is 5.75 Å². The fraction of sp³-hybridized carbons (Fsp3) is 0.200. The van der Waals surface area contributed by atoms with Gasteiger partial charge in [-0.15, -0.1) is 10.2 Å². The van der Waals surface area contributed by atoms with Crippen molar-refractivity contribution in [3.63, 3.8) is 0 Å². The predicted molar refractivity (Wildman–Crippen MR) is 97.4 cm³/mol. The molecule has 2 aromatic heterocycles. The SMILES string of the molecule is COc1c(Br)cc(Cl)cc1S(=O)(=O)NC(C)c1nnc2ccccn12. The summed E-state index contributed by atoms with van der Waals surface area (Å²) < 4.78 is 35.6. The van der Waals surface area contributed by atoms with Gasteiger partial charge in [0.1, 0.15) is 4.90 Å². The normalized spacial score (nSPS) is 13.1. The summed E-state index contributed by atoms with van der Waals surface area (Å²) in [4.78, 5) is -0.0601. The van der Waals surface area contributed by atoms with Crippen LogP contribution in [0.4, 0.5) is 0 Å². The second kappa shape index (κ2) is 6.91. The molecule has 3 rings (SSSR count). The van der Waals surface area contributed by atoms with Gasteiger partial charge in [0.25, 0.3) is 0 Å². The van der Waals surface area contributed by atoms with Gasteiger partial charge in [-0.1, -0.05) is 17.7 Å². The summed E-state index contributed by atoms with van der Waals surface area (Å²) >= 11 is 9.26. The van der Waals surface area contributed by atoms with Crippen molar-refractivity contribution in [2.24, 2.45) is 0 Å². The highest BCUT2D eigenvalue weighted by Crippen LogP contribution is 2.35. The Morgan fingerprint density at radius 3 is 2.80 bits per heavy atom. The highest BCUT2D eigenvalue weighted by Gasteiger charge is 2.26. The summed E-state index contributed by atoms with van der Waals surface area (Å²) in [6.45, 7) is 1.69. The van der Waals surface area contributed by atoms with Crippen molar-refractivity contribution in [1.82, 2.24) is 19.3 Å². The Morgan fingerprint density at radius 2 is 2.08 bits per heavy atom. The minimum absolute atomic E-state index is 0.0601. The number of fused-ring (bicyclic) bond motifs is 1. The van der Waals surface area contributed by atoms with Crippen molar-refractivity contribution >= 4 is 43.2 Å². The van der Waals surface area contributed by atoms with Gasteiger partial charge < -0.3 is 4.74 Å². The van der Waals surface area contributed by atoms with Gasteiger partial charge >= 0.3 is 0 Å². The third-order valence-corrected chi connectivity index (χ3v) is 5.88. The molecule has 0 aliphatic rings. The van der Waals surface area contributed by atoms with E-state index in [9.17, 15) is 8.42 Å². The van der Waals surface area contributed by atoms with Gasteiger partial charge in [0.05, 0.1) is 17.6 Å². The monoisotopic (exact) mass is 444 g/mol. The fourth-order valence-electron chi connectivity index (χ4n) is 2.44.